The third-order valence-electron chi connectivity index (χ3n) is 2.89. The Bertz CT molecular complexity index is 581. The standard InChI is InChI=1S/C15H16N2O4/c18-14(19)13(9-11-5-2-1-3-6-11)17-15(20)16-10-12-7-4-8-21-12/h1-8,13H,9-10H2,(H,18,19)(H2,16,17,20)/t13-/m0/s1. The Hall–Kier alpha value is -2.76. The number of aliphatic carboxylic acids is 1. The summed E-state index contributed by atoms with van der Waals surface area (Å²) in [6.07, 6.45) is 1.73. The summed E-state index contributed by atoms with van der Waals surface area (Å²) in [4.78, 5) is 22.9. The van der Waals surface area contributed by atoms with E-state index in [1.807, 2.05) is 30.3 Å². The molecule has 0 aliphatic heterocycles. The predicted octanol–water partition coefficient (Wildman–Crippen LogP) is 1.77. The Kier molecular flexibility index (Phi) is 4.98. The van der Waals surface area contributed by atoms with Gasteiger partial charge in [-0.15, -0.1) is 0 Å². The van der Waals surface area contributed by atoms with E-state index in [4.69, 9.17) is 4.42 Å². The zero-order valence-corrected chi connectivity index (χ0v) is 11.3. The number of furan rings is 1. The molecule has 0 aliphatic rings. The van der Waals surface area contributed by atoms with Crippen LogP contribution in [0.3, 0.4) is 0 Å². The molecule has 21 heavy (non-hydrogen) atoms. The normalized spacial score (nSPS) is 11.6. The minimum Gasteiger partial charge on any atom is -0.480 e. The average molecular weight is 288 g/mol. The fraction of sp³-hybridized carbons (Fsp3) is 0.200. The molecule has 2 aromatic rings. The van der Waals surface area contributed by atoms with Crippen molar-refractivity contribution in [3.63, 3.8) is 0 Å². The van der Waals surface area contributed by atoms with Gasteiger partial charge in [0.2, 0.25) is 0 Å². The van der Waals surface area contributed by atoms with Crippen molar-refractivity contribution in [2.75, 3.05) is 0 Å². The number of carboxylic acid groups (broad SMARTS) is 1. The molecule has 1 aromatic heterocycles. The third-order valence-corrected chi connectivity index (χ3v) is 2.89. The molecule has 0 bridgehead atoms. The molecule has 0 unspecified atom stereocenters. The Morgan fingerprint density at radius 1 is 1.14 bits per heavy atom. The van der Waals surface area contributed by atoms with Gasteiger partial charge in [-0.1, -0.05) is 30.3 Å². The molecule has 0 saturated carbocycles. The molecule has 1 aromatic carbocycles. The maximum absolute atomic E-state index is 11.7. The molecule has 110 valence electrons. The van der Waals surface area contributed by atoms with Crippen molar-refractivity contribution in [2.24, 2.45) is 0 Å². The zero-order chi connectivity index (χ0) is 15.1. The second-order valence-electron chi connectivity index (χ2n) is 4.49. The molecule has 2 rings (SSSR count). The number of benzene rings is 1. The van der Waals surface area contributed by atoms with E-state index in [2.05, 4.69) is 10.6 Å². The first-order valence-electron chi connectivity index (χ1n) is 6.48. The molecule has 6 heteroatoms. The summed E-state index contributed by atoms with van der Waals surface area (Å²) in [5.74, 6) is -0.480. The molecule has 0 saturated heterocycles. The van der Waals surface area contributed by atoms with Crippen molar-refractivity contribution in [3.8, 4) is 0 Å². The fourth-order valence-electron chi connectivity index (χ4n) is 1.84. The zero-order valence-electron chi connectivity index (χ0n) is 11.3. The van der Waals surface area contributed by atoms with Gasteiger partial charge in [0.1, 0.15) is 11.8 Å². The lowest BCUT2D eigenvalue weighted by molar-refractivity contribution is -0.139. The summed E-state index contributed by atoms with van der Waals surface area (Å²) < 4.78 is 5.07. The van der Waals surface area contributed by atoms with Crippen LogP contribution in [-0.4, -0.2) is 23.1 Å². The Morgan fingerprint density at radius 3 is 2.52 bits per heavy atom. The van der Waals surface area contributed by atoms with Crippen molar-refractivity contribution in [1.82, 2.24) is 10.6 Å². The lowest BCUT2D eigenvalue weighted by Crippen LogP contribution is -2.46. The number of urea groups is 1. The molecular weight excluding hydrogens is 272 g/mol. The van der Waals surface area contributed by atoms with E-state index >= 15 is 0 Å². The van der Waals surface area contributed by atoms with Crippen LogP contribution in [0.4, 0.5) is 4.79 Å². The lowest BCUT2D eigenvalue weighted by Gasteiger charge is -2.15. The maximum Gasteiger partial charge on any atom is 0.326 e. The highest BCUT2D eigenvalue weighted by molar-refractivity contribution is 5.82. The van der Waals surface area contributed by atoms with E-state index in [9.17, 15) is 14.7 Å². The van der Waals surface area contributed by atoms with Gasteiger partial charge in [0, 0.05) is 6.42 Å². The van der Waals surface area contributed by atoms with Gasteiger partial charge in [-0.25, -0.2) is 9.59 Å². The number of hydrogen-bond donors (Lipinski definition) is 3. The van der Waals surface area contributed by atoms with E-state index in [1.54, 1.807) is 12.1 Å². The van der Waals surface area contributed by atoms with Crippen LogP contribution in [0.15, 0.2) is 53.1 Å². The van der Waals surface area contributed by atoms with Gasteiger partial charge in [0.05, 0.1) is 12.8 Å². The van der Waals surface area contributed by atoms with E-state index in [1.165, 1.54) is 6.26 Å². The number of carbonyl (C=O) groups is 2. The first-order valence-corrected chi connectivity index (χ1v) is 6.48. The van der Waals surface area contributed by atoms with Crippen molar-refractivity contribution in [3.05, 3.63) is 60.1 Å². The molecule has 3 N–H and O–H groups in total. The van der Waals surface area contributed by atoms with Gasteiger partial charge in [-0.2, -0.15) is 0 Å². The first kappa shape index (κ1) is 14.6. The van der Waals surface area contributed by atoms with Gasteiger partial charge in [-0.3, -0.25) is 0 Å². The number of amides is 2. The minimum absolute atomic E-state index is 0.205. The molecule has 0 spiro atoms. The maximum atomic E-state index is 11.7. The highest BCUT2D eigenvalue weighted by Gasteiger charge is 2.20. The fourth-order valence-corrected chi connectivity index (χ4v) is 1.84. The molecule has 2 amide bonds. The summed E-state index contributed by atoms with van der Waals surface area (Å²) in [5.41, 5.74) is 0.844. The molecule has 0 radical (unpaired) electrons. The lowest BCUT2D eigenvalue weighted by atomic mass is 10.1. The van der Waals surface area contributed by atoms with Crippen LogP contribution >= 0.6 is 0 Å². The summed E-state index contributed by atoms with van der Waals surface area (Å²) in [6, 6.07) is 11.0. The van der Waals surface area contributed by atoms with Gasteiger partial charge in [0.25, 0.3) is 0 Å². The predicted molar refractivity (Wildman–Crippen MR) is 75.6 cm³/mol. The van der Waals surface area contributed by atoms with Crippen LogP contribution in [0.25, 0.3) is 0 Å². The SMILES string of the molecule is O=C(NCc1ccco1)N[C@@H](Cc1ccccc1)C(=O)O. The highest BCUT2D eigenvalue weighted by atomic mass is 16.4. The van der Waals surface area contributed by atoms with E-state index in [-0.39, 0.29) is 13.0 Å². The number of nitrogens with one attached hydrogen (secondary N) is 2. The van der Waals surface area contributed by atoms with Crippen LogP contribution in [0.2, 0.25) is 0 Å². The monoisotopic (exact) mass is 288 g/mol. The summed E-state index contributed by atoms with van der Waals surface area (Å²) >= 11 is 0. The van der Waals surface area contributed by atoms with E-state index < -0.39 is 18.0 Å². The van der Waals surface area contributed by atoms with E-state index in [0.29, 0.717) is 5.76 Å². The molecule has 6 nitrogen and oxygen atoms in total. The van der Waals surface area contributed by atoms with Crippen LogP contribution in [0, 0.1) is 0 Å². The Morgan fingerprint density at radius 2 is 1.90 bits per heavy atom. The minimum atomic E-state index is -1.08. The first-order chi connectivity index (χ1) is 10.1. The van der Waals surface area contributed by atoms with Crippen LogP contribution in [0.1, 0.15) is 11.3 Å². The number of hydrogen-bond acceptors (Lipinski definition) is 3. The molecule has 1 atom stereocenters. The third kappa shape index (κ3) is 4.68. The molecule has 0 fully saturated rings. The van der Waals surface area contributed by atoms with Crippen molar-refractivity contribution in [2.45, 2.75) is 19.0 Å². The second-order valence-corrected chi connectivity index (χ2v) is 4.49. The van der Waals surface area contributed by atoms with Crippen LogP contribution in [0.5, 0.6) is 0 Å². The van der Waals surface area contributed by atoms with Crippen molar-refractivity contribution in [1.29, 1.82) is 0 Å². The van der Waals surface area contributed by atoms with Crippen LogP contribution in [-0.2, 0) is 17.8 Å². The average Bonchev–Trinajstić information content (AvgIpc) is 2.99. The van der Waals surface area contributed by atoms with Crippen LogP contribution < -0.4 is 10.6 Å². The molecule has 0 aliphatic carbocycles. The van der Waals surface area contributed by atoms with Gasteiger partial charge in [0.15, 0.2) is 0 Å². The number of rotatable bonds is 6. The number of carboxylic acids is 1. The molecule has 1 heterocycles. The highest BCUT2D eigenvalue weighted by Crippen LogP contribution is 2.04. The van der Waals surface area contributed by atoms with Crippen molar-refractivity contribution < 1.29 is 19.1 Å². The van der Waals surface area contributed by atoms with Gasteiger partial charge >= 0.3 is 12.0 Å². The quantitative estimate of drug-likeness (QED) is 0.755. The van der Waals surface area contributed by atoms with E-state index in [0.717, 1.165) is 5.56 Å². The summed E-state index contributed by atoms with van der Waals surface area (Å²) in [5, 5.41) is 14.2. The number of carbonyl (C=O) groups excluding carboxylic acids is 1. The topological polar surface area (TPSA) is 91.6 Å². The Balaban J connectivity index is 1.87. The summed E-state index contributed by atoms with van der Waals surface area (Å²) in [6.45, 7) is 0.205. The van der Waals surface area contributed by atoms with Crippen molar-refractivity contribution >= 4 is 12.0 Å². The van der Waals surface area contributed by atoms with Gasteiger partial charge in [-0.05, 0) is 17.7 Å². The summed E-state index contributed by atoms with van der Waals surface area (Å²) in [7, 11) is 0. The molecular formula is C15H16N2O4. The second kappa shape index (κ2) is 7.14. The van der Waals surface area contributed by atoms with Gasteiger partial charge < -0.3 is 20.2 Å². The largest absolute Gasteiger partial charge is 0.480 e. The smallest absolute Gasteiger partial charge is 0.326 e. The Labute approximate surface area is 121 Å².